The van der Waals surface area contributed by atoms with Crippen LogP contribution >= 0.6 is 22.9 Å². The fourth-order valence-corrected chi connectivity index (χ4v) is 3.07. The summed E-state index contributed by atoms with van der Waals surface area (Å²) in [6.07, 6.45) is 0. The lowest BCUT2D eigenvalue weighted by atomic mass is 10.1. The van der Waals surface area contributed by atoms with Gasteiger partial charge in [-0.1, -0.05) is 13.0 Å². The standard InChI is InChI=1S/C15H15ClO2S/c1-10-7-17-13-3-2-11(6-14(13)18-8-10)15(16)12-4-5-19-9-12/h2-6,9-10,15H,7-8H2,1H3. The molecule has 0 aliphatic carbocycles. The quantitative estimate of drug-likeness (QED) is 0.760. The Morgan fingerprint density at radius 1 is 1.16 bits per heavy atom. The highest BCUT2D eigenvalue weighted by atomic mass is 35.5. The minimum atomic E-state index is -0.138. The smallest absolute Gasteiger partial charge is 0.161 e. The summed E-state index contributed by atoms with van der Waals surface area (Å²) in [7, 11) is 0. The van der Waals surface area contributed by atoms with Crippen LogP contribution < -0.4 is 9.47 Å². The van der Waals surface area contributed by atoms with Crippen molar-refractivity contribution in [2.24, 2.45) is 5.92 Å². The zero-order valence-electron chi connectivity index (χ0n) is 10.6. The summed E-state index contributed by atoms with van der Waals surface area (Å²) in [5.41, 5.74) is 2.16. The Hall–Kier alpha value is -1.19. The topological polar surface area (TPSA) is 18.5 Å². The first-order valence-electron chi connectivity index (χ1n) is 6.30. The van der Waals surface area contributed by atoms with Gasteiger partial charge in [0, 0.05) is 5.92 Å². The molecule has 0 spiro atoms. The number of hydrogen-bond donors (Lipinski definition) is 0. The summed E-state index contributed by atoms with van der Waals surface area (Å²) in [5.74, 6) is 2.00. The monoisotopic (exact) mass is 294 g/mol. The van der Waals surface area contributed by atoms with Gasteiger partial charge in [0.15, 0.2) is 11.5 Å². The van der Waals surface area contributed by atoms with Gasteiger partial charge in [0.1, 0.15) is 0 Å². The molecular weight excluding hydrogens is 280 g/mol. The number of benzene rings is 1. The first-order chi connectivity index (χ1) is 9.24. The van der Waals surface area contributed by atoms with E-state index in [1.807, 2.05) is 29.6 Å². The molecule has 2 nitrogen and oxygen atoms in total. The van der Waals surface area contributed by atoms with E-state index in [4.69, 9.17) is 21.1 Å². The summed E-state index contributed by atoms with van der Waals surface area (Å²) in [5, 5.41) is 3.97. The second kappa shape index (κ2) is 5.43. The summed E-state index contributed by atoms with van der Waals surface area (Å²) < 4.78 is 11.5. The molecule has 4 heteroatoms. The third kappa shape index (κ3) is 2.72. The Balaban J connectivity index is 1.89. The van der Waals surface area contributed by atoms with E-state index in [1.165, 1.54) is 0 Å². The van der Waals surface area contributed by atoms with Crippen molar-refractivity contribution in [2.45, 2.75) is 12.3 Å². The number of fused-ring (bicyclic) bond motifs is 1. The second-order valence-corrected chi connectivity index (χ2v) is 6.07. The minimum Gasteiger partial charge on any atom is -0.489 e. The predicted molar refractivity (Wildman–Crippen MR) is 78.6 cm³/mol. The normalized spacial score (nSPS) is 19.8. The third-order valence-electron chi connectivity index (χ3n) is 3.14. The van der Waals surface area contributed by atoms with Crippen LogP contribution in [0.2, 0.25) is 0 Å². The van der Waals surface area contributed by atoms with Crippen LogP contribution in [0.3, 0.4) is 0 Å². The molecule has 1 aliphatic rings. The Kier molecular flexibility index (Phi) is 3.67. The van der Waals surface area contributed by atoms with E-state index in [-0.39, 0.29) is 5.38 Å². The lowest BCUT2D eigenvalue weighted by molar-refractivity contribution is 0.228. The van der Waals surface area contributed by atoms with E-state index in [2.05, 4.69) is 12.3 Å². The van der Waals surface area contributed by atoms with Crippen molar-refractivity contribution < 1.29 is 9.47 Å². The number of hydrogen-bond acceptors (Lipinski definition) is 3. The highest BCUT2D eigenvalue weighted by Crippen LogP contribution is 2.37. The highest BCUT2D eigenvalue weighted by molar-refractivity contribution is 7.08. The van der Waals surface area contributed by atoms with Gasteiger partial charge in [0.05, 0.1) is 18.6 Å². The summed E-state index contributed by atoms with van der Waals surface area (Å²) >= 11 is 8.15. The molecule has 19 heavy (non-hydrogen) atoms. The molecule has 0 saturated carbocycles. The molecule has 0 fully saturated rings. The van der Waals surface area contributed by atoms with Crippen LogP contribution in [0.5, 0.6) is 11.5 Å². The Labute approximate surface area is 121 Å². The Morgan fingerprint density at radius 3 is 2.68 bits per heavy atom. The summed E-state index contributed by atoms with van der Waals surface area (Å²) in [4.78, 5) is 0. The molecule has 2 unspecified atom stereocenters. The molecule has 100 valence electrons. The molecule has 3 rings (SSSR count). The van der Waals surface area contributed by atoms with Gasteiger partial charge in [-0.25, -0.2) is 0 Å². The lowest BCUT2D eigenvalue weighted by Crippen LogP contribution is -2.12. The minimum absolute atomic E-state index is 0.138. The molecule has 0 saturated heterocycles. The zero-order valence-corrected chi connectivity index (χ0v) is 12.2. The number of thiophene rings is 1. The van der Waals surface area contributed by atoms with E-state index >= 15 is 0 Å². The molecule has 0 amide bonds. The Morgan fingerprint density at radius 2 is 1.95 bits per heavy atom. The zero-order chi connectivity index (χ0) is 13.2. The van der Waals surface area contributed by atoms with Gasteiger partial charge in [-0.15, -0.1) is 11.6 Å². The lowest BCUT2D eigenvalue weighted by Gasteiger charge is -2.12. The molecule has 2 heterocycles. The maximum absolute atomic E-state index is 6.50. The van der Waals surface area contributed by atoms with Crippen LogP contribution in [0.25, 0.3) is 0 Å². The molecule has 2 aromatic rings. The molecule has 1 aliphatic heterocycles. The fraction of sp³-hybridized carbons (Fsp3) is 0.333. The van der Waals surface area contributed by atoms with Crippen LogP contribution in [-0.4, -0.2) is 13.2 Å². The first-order valence-corrected chi connectivity index (χ1v) is 7.67. The largest absolute Gasteiger partial charge is 0.489 e. The van der Waals surface area contributed by atoms with E-state index < -0.39 is 0 Å². The van der Waals surface area contributed by atoms with Gasteiger partial charge in [-0.05, 0) is 40.1 Å². The predicted octanol–water partition coefficient (Wildman–Crippen LogP) is 4.48. The molecule has 1 aromatic carbocycles. The second-order valence-electron chi connectivity index (χ2n) is 4.85. The highest BCUT2D eigenvalue weighted by Gasteiger charge is 2.18. The van der Waals surface area contributed by atoms with E-state index in [9.17, 15) is 0 Å². The van der Waals surface area contributed by atoms with Gasteiger partial charge >= 0.3 is 0 Å². The first kappa shape index (κ1) is 12.8. The molecule has 0 N–H and O–H groups in total. The number of alkyl halides is 1. The number of halogens is 1. The fourth-order valence-electron chi connectivity index (χ4n) is 2.04. The van der Waals surface area contributed by atoms with Gasteiger partial charge in [0.2, 0.25) is 0 Å². The van der Waals surface area contributed by atoms with Crippen LogP contribution in [0, 0.1) is 5.92 Å². The Bertz CT molecular complexity index is 553. The number of ether oxygens (including phenoxy) is 2. The molecule has 0 radical (unpaired) electrons. The van der Waals surface area contributed by atoms with Crippen molar-refractivity contribution in [1.29, 1.82) is 0 Å². The van der Waals surface area contributed by atoms with Crippen LogP contribution in [0.4, 0.5) is 0 Å². The van der Waals surface area contributed by atoms with Crippen molar-refractivity contribution in [3.8, 4) is 11.5 Å². The maximum Gasteiger partial charge on any atom is 0.161 e. The van der Waals surface area contributed by atoms with Crippen molar-refractivity contribution in [2.75, 3.05) is 13.2 Å². The maximum atomic E-state index is 6.50. The molecule has 1 aromatic heterocycles. The number of rotatable bonds is 2. The van der Waals surface area contributed by atoms with Crippen molar-refractivity contribution in [1.82, 2.24) is 0 Å². The van der Waals surface area contributed by atoms with Crippen molar-refractivity contribution in [3.05, 3.63) is 46.2 Å². The average Bonchev–Trinajstić information content (AvgIpc) is 2.90. The average molecular weight is 295 g/mol. The van der Waals surface area contributed by atoms with E-state index in [0.717, 1.165) is 22.6 Å². The van der Waals surface area contributed by atoms with Crippen LogP contribution in [-0.2, 0) is 0 Å². The van der Waals surface area contributed by atoms with Gasteiger partial charge < -0.3 is 9.47 Å². The molecule has 0 bridgehead atoms. The third-order valence-corrected chi connectivity index (χ3v) is 4.35. The van der Waals surface area contributed by atoms with Crippen molar-refractivity contribution >= 4 is 22.9 Å². The van der Waals surface area contributed by atoms with Crippen LogP contribution in [0.15, 0.2) is 35.0 Å². The van der Waals surface area contributed by atoms with E-state index in [1.54, 1.807) is 11.3 Å². The SMILES string of the molecule is CC1COc2ccc(C(Cl)c3ccsc3)cc2OC1. The van der Waals surface area contributed by atoms with Crippen molar-refractivity contribution in [3.63, 3.8) is 0 Å². The van der Waals surface area contributed by atoms with Gasteiger partial charge in [0.25, 0.3) is 0 Å². The van der Waals surface area contributed by atoms with Crippen LogP contribution in [0.1, 0.15) is 23.4 Å². The van der Waals surface area contributed by atoms with Gasteiger partial charge in [-0.2, -0.15) is 11.3 Å². The van der Waals surface area contributed by atoms with Gasteiger partial charge in [-0.3, -0.25) is 0 Å². The van der Waals surface area contributed by atoms with E-state index in [0.29, 0.717) is 19.1 Å². The molecule has 2 atom stereocenters. The summed E-state index contributed by atoms with van der Waals surface area (Å²) in [6, 6.07) is 7.99. The molecular formula is C15H15ClO2S. The summed E-state index contributed by atoms with van der Waals surface area (Å²) in [6.45, 7) is 3.49.